The van der Waals surface area contributed by atoms with Gasteiger partial charge in [-0.1, -0.05) is 13.2 Å². The molecule has 0 bridgehead atoms. The summed E-state index contributed by atoms with van der Waals surface area (Å²) in [6.07, 6.45) is 0.635. The minimum Gasteiger partial charge on any atom is -0.506 e. The molecule has 0 fully saturated rings. The number of aliphatic hydroxyl groups excluding tert-OH is 1. The lowest BCUT2D eigenvalue weighted by Gasteiger charge is -1.91. The predicted molar refractivity (Wildman–Crippen MR) is 35.8 cm³/mol. The van der Waals surface area contributed by atoms with Crippen molar-refractivity contribution in [3.63, 3.8) is 0 Å². The van der Waals surface area contributed by atoms with Crippen LogP contribution < -0.4 is 0 Å². The lowest BCUT2D eigenvalue weighted by Crippen LogP contribution is -1.78. The second-order valence-electron chi connectivity index (χ2n) is 1.72. The molecule has 56 valence electrons. The zero-order chi connectivity index (χ0) is 8.15. The Morgan fingerprint density at radius 3 is 2.20 bits per heavy atom. The van der Waals surface area contributed by atoms with Crippen molar-refractivity contribution >= 4 is 0 Å². The second-order valence-corrected chi connectivity index (χ2v) is 1.72. The number of rotatable bonds is 3. The zero-order valence-electron chi connectivity index (χ0n) is 5.40. The lowest BCUT2D eigenvalue weighted by molar-refractivity contribution is 0.391. The molecule has 0 atom stereocenters. The molecule has 1 N–H and O–H groups in total. The summed E-state index contributed by atoms with van der Waals surface area (Å²) in [4.78, 5) is 0. The molecule has 10 heavy (non-hydrogen) atoms. The molecule has 1 nitrogen and oxygen atoms in total. The van der Waals surface area contributed by atoms with E-state index in [1.54, 1.807) is 0 Å². The van der Waals surface area contributed by atoms with E-state index in [0.717, 1.165) is 6.08 Å². The maximum Gasteiger partial charge on any atom is 0.160 e. The van der Waals surface area contributed by atoms with Gasteiger partial charge in [0.05, 0.1) is 5.83 Å². The lowest BCUT2D eigenvalue weighted by atomic mass is 10.3. The molecular formula is C7H8F2O. The highest BCUT2D eigenvalue weighted by Crippen LogP contribution is 2.09. The minimum absolute atomic E-state index is 0.231. The highest BCUT2D eigenvalue weighted by atomic mass is 19.1. The van der Waals surface area contributed by atoms with Gasteiger partial charge in [0.2, 0.25) is 0 Å². The van der Waals surface area contributed by atoms with Gasteiger partial charge in [0.25, 0.3) is 0 Å². The van der Waals surface area contributed by atoms with Crippen LogP contribution in [0, 0.1) is 0 Å². The van der Waals surface area contributed by atoms with Crippen LogP contribution in [0.1, 0.15) is 6.42 Å². The van der Waals surface area contributed by atoms with Crippen LogP contribution in [0.2, 0.25) is 0 Å². The van der Waals surface area contributed by atoms with Gasteiger partial charge in [-0.05, 0) is 6.08 Å². The third kappa shape index (κ3) is 3.83. The Morgan fingerprint density at radius 2 is 1.90 bits per heavy atom. The van der Waals surface area contributed by atoms with E-state index in [9.17, 15) is 8.78 Å². The van der Waals surface area contributed by atoms with Crippen molar-refractivity contribution in [1.29, 1.82) is 0 Å². The van der Waals surface area contributed by atoms with E-state index in [1.165, 1.54) is 0 Å². The Bertz CT molecular complexity index is 182. The van der Waals surface area contributed by atoms with Crippen LogP contribution in [0.25, 0.3) is 0 Å². The van der Waals surface area contributed by atoms with Crippen LogP contribution in [0.5, 0.6) is 0 Å². The summed E-state index contributed by atoms with van der Waals surface area (Å²) < 4.78 is 24.0. The van der Waals surface area contributed by atoms with E-state index < -0.39 is 17.4 Å². The number of hydrogen-bond donors (Lipinski definition) is 1. The van der Waals surface area contributed by atoms with Gasteiger partial charge in [-0.25, -0.2) is 8.78 Å². The highest BCUT2D eigenvalue weighted by molar-refractivity contribution is 5.15. The van der Waals surface area contributed by atoms with E-state index in [0.29, 0.717) is 0 Å². The molecule has 0 aliphatic heterocycles. The molecule has 3 heteroatoms. The van der Waals surface area contributed by atoms with Crippen LogP contribution in [-0.4, -0.2) is 5.11 Å². The van der Waals surface area contributed by atoms with Crippen molar-refractivity contribution in [1.82, 2.24) is 0 Å². The first-order valence-corrected chi connectivity index (χ1v) is 2.61. The molecule has 0 aliphatic carbocycles. The van der Waals surface area contributed by atoms with E-state index in [2.05, 4.69) is 13.2 Å². The van der Waals surface area contributed by atoms with Crippen LogP contribution in [-0.2, 0) is 0 Å². The standard InChI is InChI=1S/C7H8F2O/c1-5(8)3-4-7(9)6(2)10/h4,10H,1-3H2/b7-4+. The smallest absolute Gasteiger partial charge is 0.160 e. The number of halogens is 2. The minimum atomic E-state index is -0.918. The molecule has 0 amide bonds. The normalized spacial score (nSPS) is 11.2. The van der Waals surface area contributed by atoms with Crippen LogP contribution >= 0.6 is 0 Å². The van der Waals surface area contributed by atoms with Crippen molar-refractivity contribution in [2.24, 2.45) is 0 Å². The van der Waals surface area contributed by atoms with Crippen LogP contribution in [0.3, 0.4) is 0 Å². The zero-order valence-corrected chi connectivity index (χ0v) is 5.40. The van der Waals surface area contributed by atoms with Crippen molar-refractivity contribution in [3.8, 4) is 0 Å². The summed E-state index contributed by atoms with van der Waals surface area (Å²) >= 11 is 0. The molecule has 0 radical (unpaired) electrons. The largest absolute Gasteiger partial charge is 0.506 e. The van der Waals surface area contributed by atoms with E-state index in [1.807, 2.05) is 0 Å². The maximum absolute atomic E-state index is 12.2. The predicted octanol–water partition coefficient (Wildman–Crippen LogP) is 2.78. The van der Waals surface area contributed by atoms with Crippen LogP contribution in [0.4, 0.5) is 8.78 Å². The maximum atomic E-state index is 12.2. The van der Waals surface area contributed by atoms with Crippen molar-refractivity contribution in [2.75, 3.05) is 0 Å². The Balaban J connectivity index is 3.92. The molecule has 0 saturated heterocycles. The fourth-order valence-electron chi connectivity index (χ4n) is 0.318. The first-order valence-electron chi connectivity index (χ1n) is 2.61. The molecule has 0 aromatic carbocycles. The summed E-state index contributed by atoms with van der Waals surface area (Å²) in [7, 11) is 0. The van der Waals surface area contributed by atoms with Gasteiger partial charge in [-0.2, -0.15) is 0 Å². The fraction of sp³-hybridized carbons (Fsp3) is 0.143. The van der Waals surface area contributed by atoms with Crippen molar-refractivity contribution in [3.05, 3.63) is 36.6 Å². The third-order valence-corrected chi connectivity index (χ3v) is 0.778. The quantitative estimate of drug-likeness (QED) is 0.479. The molecule has 0 aliphatic rings. The Labute approximate surface area is 58.0 Å². The van der Waals surface area contributed by atoms with E-state index in [-0.39, 0.29) is 6.42 Å². The first-order chi connectivity index (χ1) is 4.54. The van der Waals surface area contributed by atoms with Gasteiger partial charge in [0, 0.05) is 6.42 Å². The summed E-state index contributed by atoms with van der Waals surface area (Å²) in [5.74, 6) is -2.27. The van der Waals surface area contributed by atoms with Gasteiger partial charge >= 0.3 is 0 Å². The first kappa shape index (κ1) is 8.88. The topological polar surface area (TPSA) is 20.2 Å². The third-order valence-electron chi connectivity index (χ3n) is 0.778. The van der Waals surface area contributed by atoms with Gasteiger partial charge in [-0.3, -0.25) is 0 Å². The van der Waals surface area contributed by atoms with Crippen molar-refractivity contribution in [2.45, 2.75) is 6.42 Å². The summed E-state index contributed by atoms with van der Waals surface area (Å²) in [5.41, 5.74) is 0. The number of aliphatic hydroxyl groups is 1. The molecule has 0 unspecified atom stereocenters. The molecule has 0 aromatic rings. The molecular weight excluding hydrogens is 138 g/mol. The Hall–Kier alpha value is -1.12. The van der Waals surface area contributed by atoms with Crippen LogP contribution in [0.15, 0.2) is 36.6 Å². The Morgan fingerprint density at radius 1 is 1.40 bits per heavy atom. The summed E-state index contributed by atoms with van der Waals surface area (Å²) in [6.45, 7) is 5.79. The van der Waals surface area contributed by atoms with Crippen molar-refractivity contribution < 1.29 is 13.9 Å². The SMILES string of the molecule is C=C(F)C/C=C(/F)C(=C)O. The van der Waals surface area contributed by atoms with Gasteiger partial charge in [0.1, 0.15) is 5.76 Å². The molecule has 0 spiro atoms. The molecule has 0 heterocycles. The summed E-state index contributed by atoms with van der Waals surface area (Å²) in [5, 5.41) is 8.34. The fourth-order valence-corrected chi connectivity index (χ4v) is 0.318. The Kier molecular flexibility index (Phi) is 3.39. The molecule has 0 saturated carbocycles. The number of hydrogen-bond acceptors (Lipinski definition) is 1. The summed E-state index contributed by atoms with van der Waals surface area (Å²) in [6, 6.07) is 0. The molecule has 0 rings (SSSR count). The average Bonchev–Trinajstić information content (AvgIpc) is 1.82. The van der Waals surface area contributed by atoms with Gasteiger partial charge < -0.3 is 5.11 Å². The molecule has 0 aromatic heterocycles. The number of allylic oxidation sites excluding steroid dienone is 3. The highest BCUT2D eigenvalue weighted by Gasteiger charge is 1.96. The monoisotopic (exact) mass is 146 g/mol. The van der Waals surface area contributed by atoms with Gasteiger partial charge in [-0.15, -0.1) is 0 Å². The van der Waals surface area contributed by atoms with Gasteiger partial charge in [0.15, 0.2) is 5.83 Å². The van der Waals surface area contributed by atoms with E-state index >= 15 is 0 Å². The second kappa shape index (κ2) is 3.82. The van der Waals surface area contributed by atoms with E-state index in [4.69, 9.17) is 5.11 Å². The average molecular weight is 146 g/mol.